The van der Waals surface area contributed by atoms with Crippen molar-refractivity contribution >= 4 is 34.8 Å². The van der Waals surface area contributed by atoms with Crippen LogP contribution in [0.1, 0.15) is 98.8 Å². The van der Waals surface area contributed by atoms with E-state index in [2.05, 4.69) is 32.6 Å². The predicted octanol–water partition coefficient (Wildman–Crippen LogP) is 5.86. The smallest absolute Gasteiger partial charge is 0.307 e. The molecule has 7 heteroatoms. The Balaban J connectivity index is 1.54. The fourth-order valence-corrected chi connectivity index (χ4v) is 9.07. The molecule has 0 N–H and O–H groups in total. The average Bonchev–Trinajstić information content (AvgIpc) is 3.21. The number of rotatable bonds is 10. The van der Waals surface area contributed by atoms with Gasteiger partial charge in [0.1, 0.15) is 6.61 Å². The van der Waals surface area contributed by atoms with E-state index < -0.39 is 5.60 Å². The summed E-state index contributed by atoms with van der Waals surface area (Å²) < 4.78 is 12.0. The van der Waals surface area contributed by atoms with Gasteiger partial charge in [0.15, 0.2) is 11.4 Å². The number of nitrogens with zero attached hydrogens (tertiary/aromatic N) is 1. The van der Waals surface area contributed by atoms with Gasteiger partial charge < -0.3 is 14.4 Å². The van der Waals surface area contributed by atoms with Crippen LogP contribution in [-0.4, -0.2) is 59.3 Å². The molecule has 6 nitrogen and oxygen atoms in total. The molecule has 0 heterocycles. The van der Waals surface area contributed by atoms with Crippen LogP contribution in [0.5, 0.6) is 0 Å². The number of hydrogen-bond acceptors (Lipinski definition) is 7. The first-order valence-electron chi connectivity index (χ1n) is 14.9. The highest BCUT2D eigenvalue weighted by atomic mass is 32.1. The second-order valence-corrected chi connectivity index (χ2v) is 13.0. The Hall–Kier alpha value is -1.60. The van der Waals surface area contributed by atoms with Gasteiger partial charge in [0.2, 0.25) is 0 Å². The molecule has 6 atom stereocenters. The van der Waals surface area contributed by atoms with Gasteiger partial charge in [0, 0.05) is 24.8 Å². The van der Waals surface area contributed by atoms with E-state index in [9.17, 15) is 14.4 Å². The van der Waals surface area contributed by atoms with Crippen molar-refractivity contribution in [2.24, 2.45) is 28.6 Å². The third-order valence-electron chi connectivity index (χ3n) is 11.0. The number of allylic oxidation sites excluding steroid dienone is 1. The van der Waals surface area contributed by atoms with Crippen LogP contribution in [0.3, 0.4) is 0 Å². The second kappa shape index (κ2) is 11.5. The van der Waals surface area contributed by atoms with E-state index in [1.165, 1.54) is 5.57 Å². The van der Waals surface area contributed by atoms with Gasteiger partial charge in [0.25, 0.3) is 0 Å². The number of thiocarbonyl (C=S) groups is 1. The van der Waals surface area contributed by atoms with Crippen molar-refractivity contribution in [3.8, 4) is 0 Å². The van der Waals surface area contributed by atoms with Gasteiger partial charge in [-0.05, 0) is 87.3 Å². The van der Waals surface area contributed by atoms with Gasteiger partial charge in [-0.3, -0.25) is 14.4 Å². The monoisotopic (exact) mass is 545 g/mol. The quantitative estimate of drug-likeness (QED) is 0.252. The molecule has 4 aliphatic rings. The lowest BCUT2D eigenvalue weighted by Crippen LogP contribution is -2.59. The van der Waals surface area contributed by atoms with E-state index in [0.717, 1.165) is 51.6 Å². The number of ether oxygens (including phenoxy) is 2. The standard InChI is InChI=1S/C31H47NO5S/c1-6-27(34)37-31(26(38)20-36-28(35)14-18-32(7-2)8-3)17-13-25-23-10-9-21-19-22(33)11-15-29(21,4)24(23)12-16-30(25,31)5/h19,23-25H,6-18,20H2,1-5H3/t23-,24+,25+,29+,30+,31+/m1/s1. The third-order valence-corrected chi connectivity index (χ3v) is 11.4. The van der Waals surface area contributed by atoms with Crippen molar-refractivity contribution in [2.75, 3.05) is 26.2 Å². The molecule has 4 rings (SSSR count). The summed E-state index contributed by atoms with van der Waals surface area (Å²) in [5, 5.41) is 0. The van der Waals surface area contributed by atoms with E-state index in [-0.39, 0.29) is 35.2 Å². The van der Waals surface area contributed by atoms with Gasteiger partial charge in [-0.15, -0.1) is 0 Å². The Morgan fingerprint density at radius 3 is 2.39 bits per heavy atom. The van der Waals surface area contributed by atoms with E-state index in [1.54, 1.807) is 0 Å². The Kier molecular flexibility index (Phi) is 8.88. The number of fused-ring (bicyclic) bond motifs is 5. The van der Waals surface area contributed by atoms with Gasteiger partial charge in [0.05, 0.1) is 11.3 Å². The Morgan fingerprint density at radius 1 is 1.00 bits per heavy atom. The molecule has 0 radical (unpaired) electrons. The molecule has 0 unspecified atom stereocenters. The first-order chi connectivity index (χ1) is 18.0. The molecular formula is C31H47NO5S. The highest BCUT2D eigenvalue weighted by Crippen LogP contribution is 2.68. The first-order valence-corrected chi connectivity index (χ1v) is 15.3. The molecule has 3 fully saturated rings. The van der Waals surface area contributed by atoms with E-state index >= 15 is 0 Å². The van der Waals surface area contributed by atoms with Gasteiger partial charge in [-0.25, -0.2) is 0 Å². The molecule has 0 bridgehead atoms. The zero-order valence-corrected chi connectivity index (χ0v) is 24.9. The lowest BCUT2D eigenvalue weighted by molar-refractivity contribution is -0.169. The summed E-state index contributed by atoms with van der Waals surface area (Å²) in [6.07, 6.45) is 9.81. The summed E-state index contributed by atoms with van der Waals surface area (Å²) in [5.41, 5.74) is 0.271. The second-order valence-electron chi connectivity index (χ2n) is 12.5. The maximum Gasteiger partial charge on any atom is 0.307 e. The van der Waals surface area contributed by atoms with Crippen molar-refractivity contribution in [1.82, 2.24) is 4.90 Å². The van der Waals surface area contributed by atoms with Crippen molar-refractivity contribution in [3.05, 3.63) is 11.6 Å². The van der Waals surface area contributed by atoms with Crippen LogP contribution in [-0.2, 0) is 23.9 Å². The largest absolute Gasteiger partial charge is 0.460 e. The average molecular weight is 546 g/mol. The number of hydrogen-bond donors (Lipinski definition) is 0. The Labute approximate surface area is 234 Å². The minimum atomic E-state index is -0.885. The van der Waals surface area contributed by atoms with Crippen LogP contribution >= 0.6 is 12.2 Å². The first kappa shape index (κ1) is 29.4. The zero-order chi connectivity index (χ0) is 27.7. The molecule has 0 amide bonds. The fourth-order valence-electron chi connectivity index (χ4n) is 8.63. The molecular weight excluding hydrogens is 498 g/mol. The molecule has 0 aromatic rings. The highest BCUT2D eigenvalue weighted by Gasteiger charge is 2.67. The lowest BCUT2D eigenvalue weighted by Gasteiger charge is -2.59. The van der Waals surface area contributed by atoms with Crippen molar-refractivity contribution in [3.63, 3.8) is 0 Å². The SMILES string of the molecule is CCC(=O)O[C@]1(C(=S)COC(=O)CCN(CC)CC)CC[C@H]2[C@@H]3CCC4=CC(=O)CC[C@]4(C)[C@H]3CC[C@@]21C. The summed E-state index contributed by atoms with van der Waals surface area (Å²) in [7, 11) is 0. The van der Waals surface area contributed by atoms with Crippen LogP contribution in [0.25, 0.3) is 0 Å². The molecule has 212 valence electrons. The molecule has 0 aromatic carbocycles. The van der Waals surface area contributed by atoms with E-state index in [1.807, 2.05) is 13.0 Å². The lowest BCUT2D eigenvalue weighted by atomic mass is 9.46. The summed E-state index contributed by atoms with van der Waals surface area (Å²) in [6, 6.07) is 0. The summed E-state index contributed by atoms with van der Waals surface area (Å²) in [5.74, 6) is 1.23. The molecule has 3 saturated carbocycles. The van der Waals surface area contributed by atoms with Crippen LogP contribution < -0.4 is 0 Å². The van der Waals surface area contributed by atoms with Crippen LogP contribution in [0.2, 0.25) is 0 Å². The highest BCUT2D eigenvalue weighted by molar-refractivity contribution is 7.80. The number of ketones is 1. The van der Waals surface area contributed by atoms with E-state index in [0.29, 0.717) is 54.8 Å². The van der Waals surface area contributed by atoms with Gasteiger partial charge >= 0.3 is 11.9 Å². The Bertz CT molecular complexity index is 989. The maximum absolute atomic E-state index is 12.8. The fraction of sp³-hybridized carbons (Fsp3) is 0.806. The molecule has 0 saturated heterocycles. The Morgan fingerprint density at radius 2 is 1.71 bits per heavy atom. The van der Waals surface area contributed by atoms with Crippen LogP contribution in [0.4, 0.5) is 0 Å². The summed E-state index contributed by atoms with van der Waals surface area (Å²) >= 11 is 6.00. The topological polar surface area (TPSA) is 72.9 Å². The third kappa shape index (κ3) is 5.02. The summed E-state index contributed by atoms with van der Waals surface area (Å²) in [4.78, 5) is 40.3. The van der Waals surface area contributed by atoms with Gasteiger partial charge in [-0.2, -0.15) is 0 Å². The van der Waals surface area contributed by atoms with Crippen LogP contribution in [0, 0.1) is 28.6 Å². The van der Waals surface area contributed by atoms with Crippen molar-refractivity contribution in [2.45, 2.75) is 104 Å². The maximum atomic E-state index is 12.8. The predicted molar refractivity (Wildman–Crippen MR) is 152 cm³/mol. The zero-order valence-electron chi connectivity index (χ0n) is 24.1. The van der Waals surface area contributed by atoms with Crippen molar-refractivity contribution in [1.29, 1.82) is 0 Å². The molecule has 4 aliphatic carbocycles. The summed E-state index contributed by atoms with van der Waals surface area (Å²) in [6.45, 7) is 13.1. The minimum absolute atomic E-state index is 0.0204. The number of esters is 2. The molecule has 0 aromatic heterocycles. The number of carbonyl (C=O) groups is 3. The minimum Gasteiger partial charge on any atom is -0.460 e. The van der Waals surface area contributed by atoms with Crippen LogP contribution in [0.15, 0.2) is 11.6 Å². The molecule has 38 heavy (non-hydrogen) atoms. The normalized spacial score (nSPS) is 36.1. The van der Waals surface area contributed by atoms with E-state index in [4.69, 9.17) is 21.7 Å². The van der Waals surface area contributed by atoms with Gasteiger partial charge in [-0.1, -0.05) is 52.4 Å². The van der Waals surface area contributed by atoms with Crippen molar-refractivity contribution < 1.29 is 23.9 Å². The molecule has 0 aliphatic heterocycles. The number of carbonyl (C=O) groups excluding carboxylic acids is 3. The molecule has 0 spiro atoms.